The molecule has 0 aliphatic heterocycles. The zero-order valence-corrected chi connectivity index (χ0v) is 23.4. The van der Waals surface area contributed by atoms with Crippen molar-refractivity contribution in [3.63, 3.8) is 0 Å². The lowest BCUT2D eigenvalue weighted by atomic mass is 9.45. The summed E-state index contributed by atoms with van der Waals surface area (Å²) >= 11 is 0. The van der Waals surface area contributed by atoms with Gasteiger partial charge in [0.2, 0.25) is 11.7 Å². The van der Waals surface area contributed by atoms with Crippen LogP contribution in [0.1, 0.15) is 78.6 Å². The van der Waals surface area contributed by atoms with Gasteiger partial charge in [-0.15, -0.1) is 0 Å². The van der Waals surface area contributed by atoms with Gasteiger partial charge in [0.05, 0.1) is 18.6 Å². The van der Waals surface area contributed by atoms with Crippen molar-refractivity contribution in [2.45, 2.75) is 102 Å². The number of hydrogen-bond donors (Lipinski definition) is 5. The maximum atomic E-state index is 13.3. The Hall–Kier alpha value is -2.63. The Labute approximate surface area is 233 Å². The average Bonchev–Trinajstić information content (AvgIpc) is 3.15. The second-order valence-corrected chi connectivity index (χ2v) is 12.7. The fraction of sp³-hybridized carbons (Fsp3) is 0.759. The van der Waals surface area contributed by atoms with Gasteiger partial charge >= 0.3 is 11.9 Å². The standard InChI is InChI=1S/C29H41NO10/c1-15(31)25(26(37)38)30-22(35)6-7-23(36)40-14-21(34)29(39)11-9-19-18-5-4-16-12-17(32)8-10-27(16,2)24(18)20(33)13-28(19,29)3/h12,15,18-20,24-25,31,33,39H,4-11,13-14H2,1-3H3,(H,30,35)(H,37,38)/t15-,18+,19+,20+,24-,25+,27+,28+,29+/m1/s1. The first-order valence-electron chi connectivity index (χ1n) is 14.2. The van der Waals surface area contributed by atoms with Gasteiger partial charge in [-0.1, -0.05) is 19.4 Å². The number of allylic oxidation sites excluding steroid dienone is 1. The lowest BCUT2D eigenvalue weighted by Gasteiger charge is -2.60. The number of aliphatic hydroxyl groups is 3. The molecule has 4 aliphatic rings. The van der Waals surface area contributed by atoms with Crippen LogP contribution in [0.5, 0.6) is 0 Å². The molecule has 4 aliphatic carbocycles. The summed E-state index contributed by atoms with van der Waals surface area (Å²) in [6.45, 7) is 4.51. The van der Waals surface area contributed by atoms with E-state index in [0.717, 1.165) is 18.4 Å². The minimum absolute atomic E-state index is 0.0126. The molecular weight excluding hydrogens is 522 g/mol. The van der Waals surface area contributed by atoms with Gasteiger partial charge in [-0.05, 0) is 74.7 Å². The molecule has 3 saturated carbocycles. The van der Waals surface area contributed by atoms with E-state index in [-0.39, 0.29) is 41.8 Å². The van der Waals surface area contributed by atoms with Crippen molar-refractivity contribution in [3.8, 4) is 0 Å². The normalized spacial score (nSPS) is 38.1. The summed E-state index contributed by atoms with van der Waals surface area (Å²) in [6, 6.07) is -1.52. The predicted octanol–water partition coefficient (Wildman–Crippen LogP) is 1.06. The molecule has 0 radical (unpaired) electrons. The van der Waals surface area contributed by atoms with Gasteiger partial charge in [-0.3, -0.25) is 19.2 Å². The number of carbonyl (C=O) groups excluding carboxylic acids is 4. The highest BCUT2D eigenvalue weighted by atomic mass is 16.5. The number of amides is 1. The van der Waals surface area contributed by atoms with E-state index < -0.39 is 72.3 Å². The maximum Gasteiger partial charge on any atom is 0.328 e. The number of fused-ring (bicyclic) bond motifs is 5. The van der Waals surface area contributed by atoms with Crippen LogP contribution >= 0.6 is 0 Å². The third-order valence-corrected chi connectivity index (χ3v) is 10.5. The minimum atomic E-state index is -1.78. The maximum absolute atomic E-state index is 13.3. The largest absolute Gasteiger partial charge is 0.480 e. The first-order valence-corrected chi connectivity index (χ1v) is 14.2. The van der Waals surface area contributed by atoms with E-state index in [4.69, 9.17) is 9.84 Å². The lowest BCUT2D eigenvalue weighted by molar-refractivity contribution is -0.184. The molecule has 0 aromatic rings. The van der Waals surface area contributed by atoms with Crippen molar-refractivity contribution < 1.29 is 49.1 Å². The first kappa shape index (κ1) is 30.3. The van der Waals surface area contributed by atoms with Crippen LogP contribution in [-0.2, 0) is 28.7 Å². The summed E-state index contributed by atoms with van der Waals surface area (Å²) < 4.78 is 5.09. The van der Waals surface area contributed by atoms with Crippen LogP contribution in [0.3, 0.4) is 0 Å². The third kappa shape index (κ3) is 5.12. The second kappa shape index (κ2) is 11.0. The van der Waals surface area contributed by atoms with Crippen LogP contribution in [0.2, 0.25) is 0 Å². The lowest BCUT2D eigenvalue weighted by Crippen LogP contribution is -2.62. The summed E-state index contributed by atoms with van der Waals surface area (Å²) in [7, 11) is 0. The molecule has 222 valence electrons. The van der Waals surface area contributed by atoms with Crippen LogP contribution in [0.4, 0.5) is 0 Å². The number of carboxylic acid groups (broad SMARTS) is 1. The van der Waals surface area contributed by atoms with Crippen molar-refractivity contribution in [2.24, 2.45) is 28.6 Å². The van der Waals surface area contributed by atoms with E-state index in [0.29, 0.717) is 19.3 Å². The summed E-state index contributed by atoms with van der Waals surface area (Å²) in [4.78, 5) is 60.8. The van der Waals surface area contributed by atoms with E-state index in [1.54, 1.807) is 6.08 Å². The number of ketones is 2. The Bertz CT molecular complexity index is 1120. The first-order chi connectivity index (χ1) is 18.6. The molecule has 1 amide bonds. The molecule has 0 bridgehead atoms. The number of hydrogen-bond acceptors (Lipinski definition) is 9. The molecule has 0 heterocycles. The van der Waals surface area contributed by atoms with Gasteiger partial charge in [0, 0.05) is 18.3 Å². The Morgan fingerprint density at radius 2 is 1.82 bits per heavy atom. The van der Waals surface area contributed by atoms with Gasteiger partial charge in [-0.2, -0.15) is 0 Å². The minimum Gasteiger partial charge on any atom is -0.480 e. The zero-order chi connectivity index (χ0) is 29.6. The summed E-state index contributed by atoms with van der Waals surface area (Å²) in [5.41, 5.74) is -1.88. The van der Waals surface area contributed by atoms with Gasteiger partial charge < -0.3 is 30.5 Å². The molecule has 0 saturated heterocycles. The van der Waals surface area contributed by atoms with Crippen LogP contribution in [0.15, 0.2) is 11.6 Å². The molecular formula is C29H41NO10. The second-order valence-electron chi connectivity index (χ2n) is 12.7. The molecule has 9 atom stereocenters. The fourth-order valence-corrected chi connectivity index (χ4v) is 8.34. The van der Waals surface area contributed by atoms with E-state index >= 15 is 0 Å². The van der Waals surface area contributed by atoms with Crippen LogP contribution in [-0.4, -0.2) is 80.3 Å². The smallest absolute Gasteiger partial charge is 0.328 e. The molecule has 0 unspecified atom stereocenters. The van der Waals surface area contributed by atoms with Crippen LogP contribution in [0.25, 0.3) is 0 Å². The van der Waals surface area contributed by atoms with Crippen LogP contribution < -0.4 is 5.32 Å². The van der Waals surface area contributed by atoms with Crippen molar-refractivity contribution >= 4 is 29.4 Å². The number of rotatable bonds is 9. The molecule has 0 aromatic heterocycles. The Balaban J connectivity index is 1.38. The number of Topliss-reactive ketones (excluding diaryl/α,β-unsaturated/α-hetero) is 1. The molecule has 5 N–H and O–H groups in total. The Morgan fingerprint density at radius 1 is 1.12 bits per heavy atom. The topological polar surface area (TPSA) is 188 Å². The Morgan fingerprint density at radius 3 is 2.48 bits per heavy atom. The number of nitrogens with one attached hydrogen (secondary N) is 1. The van der Waals surface area contributed by atoms with Gasteiger partial charge in [-0.25, -0.2) is 4.79 Å². The van der Waals surface area contributed by atoms with E-state index in [9.17, 15) is 39.3 Å². The van der Waals surface area contributed by atoms with Crippen molar-refractivity contribution in [3.05, 3.63) is 11.6 Å². The number of carboxylic acids is 1. The van der Waals surface area contributed by atoms with Gasteiger partial charge in [0.25, 0.3) is 0 Å². The summed E-state index contributed by atoms with van der Waals surface area (Å²) in [5, 5.41) is 43.8. The monoisotopic (exact) mass is 563 g/mol. The molecule has 40 heavy (non-hydrogen) atoms. The SMILES string of the molecule is C[C@@H](O)[C@H](NC(=O)CCC(=O)OCC(=O)[C@@]1(O)CC[C@H]2[C@@H]3CCC4=CC(=O)CC[C@]4(C)[C@H]3[C@@H](O)C[C@@]21C)C(=O)O. The molecule has 11 heteroatoms. The predicted molar refractivity (Wildman–Crippen MR) is 139 cm³/mol. The number of ether oxygens (including phenoxy) is 1. The quantitative estimate of drug-likeness (QED) is 0.254. The van der Waals surface area contributed by atoms with Crippen molar-refractivity contribution in [1.82, 2.24) is 5.32 Å². The van der Waals surface area contributed by atoms with E-state index in [1.165, 1.54) is 6.92 Å². The summed E-state index contributed by atoms with van der Waals surface area (Å²) in [5.74, 6) is -3.55. The molecule has 0 aromatic carbocycles. The Kier molecular flexibility index (Phi) is 8.33. The van der Waals surface area contributed by atoms with Crippen molar-refractivity contribution in [1.29, 1.82) is 0 Å². The average molecular weight is 564 g/mol. The van der Waals surface area contributed by atoms with Crippen LogP contribution in [0, 0.1) is 28.6 Å². The van der Waals surface area contributed by atoms with E-state index in [1.807, 2.05) is 6.92 Å². The van der Waals surface area contributed by atoms with Gasteiger partial charge in [0.15, 0.2) is 18.4 Å². The highest BCUT2D eigenvalue weighted by Gasteiger charge is 2.68. The molecule has 4 rings (SSSR count). The number of aliphatic carboxylic acids is 1. The van der Waals surface area contributed by atoms with Crippen molar-refractivity contribution in [2.75, 3.05) is 6.61 Å². The zero-order valence-electron chi connectivity index (χ0n) is 23.4. The number of esters is 1. The third-order valence-electron chi connectivity index (χ3n) is 10.5. The highest BCUT2D eigenvalue weighted by molar-refractivity contribution is 5.92. The number of aliphatic hydroxyl groups excluding tert-OH is 2. The molecule has 11 nitrogen and oxygen atoms in total. The van der Waals surface area contributed by atoms with Gasteiger partial charge in [0.1, 0.15) is 5.60 Å². The summed E-state index contributed by atoms with van der Waals surface area (Å²) in [6.07, 6.45) is 2.53. The molecule has 3 fully saturated rings. The molecule has 0 spiro atoms. The number of carbonyl (C=O) groups is 5. The highest BCUT2D eigenvalue weighted by Crippen LogP contribution is 2.67. The van der Waals surface area contributed by atoms with E-state index in [2.05, 4.69) is 12.2 Å². The fourth-order valence-electron chi connectivity index (χ4n) is 8.34.